The molecule has 5 aromatic heterocycles. The van der Waals surface area contributed by atoms with Crippen molar-refractivity contribution in [3.63, 3.8) is 0 Å². The van der Waals surface area contributed by atoms with Gasteiger partial charge in [-0.3, -0.25) is 9.55 Å². The van der Waals surface area contributed by atoms with Gasteiger partial charge in [0.1, 0.15) is 5.82 Å². The molecule has 0 saturated heterocycles. The monoisotopic (exact) mass is 868 g/mol. The molecular weight excluding hydrogens is 829 g/mol. The normalized spacial score (nSPS) is 11.5. The van der Waals surface area contributed by atoms with Crippen molar-refractivity contribution >= 4 is 43.6 Å². The highest BCUT2D eigenvalue weighted by Crippen LogP contribution is 2.38. The van der Waals surface area contributed by atoms with E-state index in [0.717, 1.165) is 95.2 Å². The van der Waals surface area contributed by atoms with E-state index >= 15 is 0 Å². The molecule has 5 heterocycles. The zero-order valence-corrected chi connectivity index (χ0v) is 36.8. The lowest BCUT2D eigenvalue weighted by Crippen LogP contribution is -1.98. The average Bonchev–Trinajstić information content (AvgIpc) is 3.94. The second kappa shape index (κ2) is 16.3. The third-order valence-corrected chi connectivity index (χ3v) is 13.0. The van der Waals surface area contributed by atoms with Crippen LogP contribution in [0.5, 0.6) is 0 Å². The third kappa shape index (κ3) is 6.82. The van der Waals surface area contributed by atoms with Gasteiger partial charge in [-0.2, -0.15) is 0 Å². The first kappa shape index (κ1) is 39.1. The largest absolute Gasteiger partial charge is 0.309 e. The zero-order chi connectivity index (χ0) is 45.0. The van der Waals surface area contributed by atoms with Crippen molar-refractivity contribution in [2.75, 3.05) is 0 Å². The second-order valence-corrected chi connectivity index (χ2v) is 17.1. The number of fused-ring (bicyclic) bond motifs is 6. The Morgan fingerprint density at radius 3 is 1.37 bits per heavy atom. The molecule has 0 aliphatic rings. The lowest BCUT2D eigenvalue weighted by Gasteiger charge is -2.11. The molecule has 0 atom stereocenters. The van der Waals surface area contributed by atoms with Crippen molar-refractivity contribution in [3.8, 4) is 78.9 Å². The van der Waals surface area contributed by atoms with E-state index in [1.165, 1.54) is 21.5 Å². The molecule has 0 N–H and O–H groups in total. The quantitative estimate of drug-likeness (QED) is 0.153. The van der Waals surface area contributed by atoms with E-state index in [4.69, 9.17) is 19.9 Å². The Balaban J connectivity index is 0.854. The summed E-state index contributed by atoms with van der Waals surface area (Å²) in [5, 5.41) is 4.75. The number of benzene rings is 8. The van der Waals surface area contributed by atoms with Crippen molar-refractivity contribution in [1.29, 1.82) is 0 Å². The van der Waals surface area contributed by atoms with Gasteiger partial charge in [-0.25, -0.2) is 15.0 Å². The summed E-state index contributed by atoms with van der Waals surface area (Å²) in [7, 11) is 0. The van der Waals surface area contributed by atoms with Gasteiger partial charge in [-0.15, -0.1) is 0 Å². The van der Waals surface area contributed by atoms with Crippen LogP contribution in [0.4, 0.5) is 0 Å². The fourth-order valence-corrected chi connectivity index (χ4v) is 9.76. The van der Waals surface area contributed by atoms with Crippen LogP contribution < -0.4 is 0 Å². The maximum Gasteiger partial charge on any atom is 0.161 e. The fraction of sp³-hybridized carbons (Fsp3) is 0. The van der Waals surface area contributed by atoms with E-state index in [1.807, 2.05) is 54.9 Å². The molecule has 318 valence electrons. The van der Waals surface area contributed by atoms with Gasteiger partial charge in [-0.05, 0) is 89.5 Å². The number of aromatic nitrogens is 6. The van der Waals surface area contributed by atoms with Crippen LogP contribution in [0, 0.1) is 0 Å². The van der Waals surface area contributed by atoms with Gasteiger partial charge >= 0.3 is 0 Å². The van der Waals surface area contributed by atoms with Gasteiger partial charge in [0.2, 0.25) is 0 Å². The van der Waals surface area contributed by atoms with E-state index in [-0.39, 0.29) is 0 Å². The van der Waals surface area contributed by atoms with Crippen LogP contribution in [-0.4, -0.2) is 29.1 Å². The Morgan fingerprint density at radius 1 is 0.265 bits per heavy atom. The van der Waals surface area contributed by atoms with E-state index in [9.17, 15) is 0 Å². The summed E-state index contributed by atoms with van der Waals surface area (Å²) in [6.07, 6.45) is 3.79. The van der Waals surface area contributed by atoms with Gasteiger partial charge in [0.15, 0.2) is 5.82 Å². The molecule has 0 unspecified atom stereocenters. The molecule has 0 radical (unpaired) electrons. The number of para-hydroxylation sites is 2. The van der Waals surface area contributed by atoms with Gasteiger partial charge in [0.05, 0.1) is 39.1 Å². The smallest absolute Gasteiger partial charge is 0.161 e. The molecule has 0 spiro atoms. The standard InChI is InChI=1S/C62H40N6/c1-4-15-42(16-5-1)54-23-14-26-61(64-54)68-58-25-13-11-22-51(58)53-36-45(29-34-60(53)68)41-27-31-49(32-28-41)67-57-24-12-10-21-50(57)52-37-46(30-33-59(52)67)47-35-48(40-63-39-47)62-65-55(43-17-6-2-7-18-43)38-56(66-62)44-19-8-3-9-20-44/h1-40H. The summed E-state index contributed by atoms with van der Waals surface area (Å²) in [5.41, 5.74) is 16.7. The minimum absolute atomic E-state index is 0.634. The lowest BCUT2D eigenvalue weighted by molar-refractivity contribution is 1.08. The van der Waals surface area contributed by atoms with Crippen LogP contribution >= 0.6 is 0 Å². The van der Waals surface area contributed by atoms with Crippen LogP contribution in [0.25, 0.3) is 123 Å². The maximum absolute atomic E-state index is 5.15. The summed E-state index contributed by atoms with van der Waals surface area (Å²) >= 11 is 0. The second-order valence-electron chi connectivity index (χ2n) is 17.1. The Labute approximate surface area is 392 Å². The van der Waals surface area contributed by atoms with Gasteiger partial charge in [0.25, 0.3) is 0 Å². The maximum atomic E-state index is 5.15. The molecular formula is C62H40N6. The minimum Gasteiger partial charge on any atom is -0.309 e. The van der Waals surface area contributed by atoms with Crippen molar-refractivity contribution in [3.05, 3.63) is 243 Å². The topological polar surface area (TPSA) is 61.4 Å². The van der Waals surface area contributed by atoms with E-state index in [1.54, 1.807) is 0 Å². The van der Waals surface area contributed by atoms with Gasteiger partial charge in [0, 0.05) is 67.4 Å². The summed E-state index contributed by atoms with van der Waals surface area (Å²) in [4.78, 5) is 20.1. The number of hydrogen-bond acceptors (Lipinski definition) is 4. The molecule has 0 saturated carbocycles. The van der Waals surface area contributed by atoms with Crippen LogP contribution in [0.3, 0.4) is 0 Å². The molecule has 13 rings (SSSR count). The highest BCUT2D eigenvalue weighted by atomic mass is 15.1. The van der Waals surface area contributed by atoms with Crippen molar-refractivity contribution in [2.45, 2.75) is 0 Å². The summed E-state index contributed by atoms with van der Waals surface area (Å²) in [5.74, 6) is 1.53. The van der Waals surface area contributed by atoms with Crippen LogP contribution in [0.2, 0.25) is 0 Å². The van der Waals surface area contributed by atoms with Gasteiger partial charge in [-0.1, -0.05) is 158 Å². The molecule has 0 fully saturated rings. The Morgan fingerprint density at radius 2 is 0.750 bits per heavy atom. The van der Waals surface area contributed by atoms with Crippen molar-refractivity contribution in [2.24, 2.45) is 0 Å². The first-order chi connectivity index (χ1) is 33.7. The summed E-state index contributed by atoms with van der Waals surface area (Å²) in [6.45, 7) is 0. The molecule has 0 aliphatic carbocycles. The molecule has 0 bridgehead atoms. The Hall–Kier alpha value is -9.26. The summed E-state index contributed by atoms with van der Waals surface area (Å²) in [6, 6.07) is 81.1. The predicted octanol–water partition coefficient (Wildman–Crippen LogP) is 15.5. The molecule has 6 nitrogen and oxygen atoms in total. The molecule has 6 heteroatoms. The Bertz CT molecular complexity index is 3950. The molecule has 68 heavy (non-hydrogen) atoms. The fourth-order valence-electron chi connectivity index (χ4n) is 9.76. The number of rotatable bonds is 8. The average molecular weight is 869 g/mol. The van der Waals surface area contributed by atoms with Crippen LogP contribution in [0.15, 0.2) is 243 Å². The molecule has 0 amide bonds. The summed E-state index contributed by atoms with van der Waals surface area (Å²) < 4.78 is 4.65. The zero-order valence-electron chi connectivity index (χ0n) is 36.8. The molecule has 13 aromatic rings. The highest BCUT2D eigenvalue weighted by molar-refractivity contribution is 6.11. The van der Waals surface area contributed by atoms with Crippen LogP contribution in [-0.2, 0) is 0 Å². The molecule has 8 aromatic carbocycles. The predicted molar refractivity (Wildman–Crippen MR) is 279 cm³/mol. The van der Waals surface area contributed by atoms with Crippen LogP contribution in [0.1, 0.15) is 0 Å². The number of hydrogen-bond donors (Lipinski definition) is 0. The Kier molecular flexibility index (Phi) is 9.39. The van der Waals surface area contributed by atoms with E-state index in [2.05, 4.69) is 197 Å². The SMILES string of the molecule is c1ccc(-c2cccc(-n3c4ccccc4c4cc(-c5ccc(-n6c7ccccc7c7cc(-c8cncc(-c9nc(-c%10ccccc%10)cc(-c%10ccccc%10)n9)c8)ccc76)cc5)ccc43)n2)cc1. The minimum atomic E-state index is 0.634. The van der Waals surface area contributed by atoms with E-state index < -0.39 is 0 Å². The first-order valence-corrected chi connectivity index (χ1v) is 22.9. The lowest BCUT2D eigenvalue weighted by atomic mass is 10.0. The number of pyridine rings is 2. The molecule has 0 aliphatic heterocycles. The van der Waals surface area contributed by atoms with Crippen molar-refractivity contribution < 1.29 is 0 Å². The highest BCUT2D eigenvalue weighted by Gasteiger charge is 2.18. The van der Waals surface area contributed by atoms with Crippen molar-refractivity contribution in [1.82, 2.24) is 29.1 Å². The third-order valence-electron chi connectivity index (χ3n) is 13.0. The van der Waals surface area contributed by atoms with E-state index in [0.29, 0.717) is 5.82 Å². The first-order valence-electron chi connectivity index (χ1n) is 22.9. The number of nitrogens with zero attached hydrogens (tertiary/aromatic N) is 6. The van der Waals surface area contributed by atoms with Gasteiger partial charge < -0.3 is 4.57 Å².